The number of aryl methyl sites for hydroxylation is 2. The Morgan fingerprint density at radius 3 is 2.45 bits per heavy atom. The van der Waals surface area contributed by atoms with Crippen molar-refractivity contribution in [1.82, 2.24) is 0 Å². The van der Waals surface area contributed by atoms with Crippen molar-refractivity contribution in [1.29, 1.82) is 0 Å². The molecule has 20 heavy (non-hydrogen) atoms. The highest BCUT2D eigenvalue weighted by atomic mass is 16.6. The number of nitro benzene ring substituents is 1. The van der Waals surface area contributed by atoms with Gasteiger partial charge in [0.2, 0.25) is 0 Å². The molecule has 1 N–H and O–H groups in total. The van der Waals surface area contributed by atoms with Crippen LogP contribution in [0.25, 0.3) is 0 Å². The second-order valence-corrected chi connectivity index (χ2v) is 6.04. The normalized spacial score (nSPS) is 17.8. The van der Waals surface area contributed by atoms with Crippen molar-refractivity contribution in [3.63, 3.8) is 0 Å². The van der Waals surface area contributed by atoms with E-state index in [1.54, 1.807) is 13.0 Å². The molecule has 0 radical (unpaired) electrons. The van der Waals surface area contributed by atoms with Gasteiger partial charge in [-0.3, -0.25) is 10.1 Å². The Balaban J connectivity index is 2.15. The summed E-state index contributed by atoms with van der Waals surface area (Å²) in [6.45, 7) is 5.99. The Labute approximate surface area is 120 Å². The molecule has 0 aliphatic heterocycles. The minimum absolute atomic E-state index is 0.203. The standard InChI is InChI=1S/C16H24N2O2/c1-11-9-12(2)16(18(19)20)10-15(11)17-13(3)14-7-5-4-6-8-14/h9-10,13-14,17H,4-8H2,1-3H3. The summed E-state index contributed by atoms with van der Waals surface area (Å²) in [4.78, 5) is 10.8. The lowest BCUT2D eigenvalue weighted by atomic mass is 9.84. The number of nitrogens with zero attached hydrogens (tertiary/aromatic N) is 1. The Morgan fingerprint density at radius 1 is 1.20 bits per heavy atom. The molecule has 1 aliphatic rings. The summed E-state index contributed by atoms with van der Waals surface area (Å²) in [5.74, 6) is 0.684. The molecular formula is C16H24N2O2. The minimum Gasteiger partial charge on any atom is -0.382 e. The Morgan fingerprint density at radius 2 is 1.85 bits per heavy atom. The van der Waals surface area contributed by atoms with Crippen LogP contribution in [-0.4, -0.2) is 11.0 Å². The molecule has 0 amide bonds. The van der Waals surface area contributed by atoms with E-state index in [0.29, 0.717) is 12.0 Å². The van der Waals surface area contributed by atoms with Gasteiger partial charge in [0, 0.05) is 23.4 Å². The summed E-state index contributed by atoms with van der Waals surface area (Å²) in [6, 6.07) is 3.95. The molecule has 0 bridgehead atoms. The summed E-state index contributed by atoms with van der Waals surface area (Å²) >= 11 is 0. The van der Waals surface area contributed by atoms with Gasteiger partial charge in [0.25, 0.3) is 5.69 Å². The van der Waals surface area contributed by atoms with E-state index < -0.39 is 0 Å². The van der Waals surface area contributed by atoms with E-state index in [0.717, 1.165) is 16.8 Å². The molecule has 0 heterocycles. The number of anilines is 1. The molecule has 1 aromatic rings. The van der Waals surface area contributed by atoms with E-state index in [2.05, 4.69) is 12.2 Å². The first-order valence-corrected chi connectivity index (χ1v) is 7.51. The summed E-state index contributed by atoms with van der Waals surface area (Å²) < 4.78 is 0. The zero-order valence-electron chi connectivity index (χ0n) is 12.6. The SMILES string of the molecule is Cc1cc(C)c([N+](=O)[O-])cc1NC(C)C1CCCCC1. The Hall–Kier alpha value is -1.58. The second kappa shape index (κ2) is 6.25. The average molecular weight is 276 g/mol. The van der Waals surface area contributed by atoms with Crippen LogP contribution < -0.4 is 5.32 Å². The zero-order chi connectivity index (χ0) is 14.7. The quantitative estimate of drug-likeness (QED) is 0.646. The third-order valence-electron chi connectivity index (χ3n) is 4.48. The number of benzene rings is 1. The molecule has 1 unspecified atom stereocenters. The van der Waals surface area contributed by atoms with Crippen LogP contribution in [0.3, 0.4) is 0 Å². The predicted octanol–water partition coefficient (Wildman–Crippen LogP) is 4.59. The van der Waals surface area contributed by atoms with Gasteiger partial charge >= 0.3 is 0 Å². The summed E-state index contributed by atoms with van der Waals surface area (Å²) in [7, 11) is 0. The fourth-order valence-corrected chi connectivity index (χ4v) is 3.19. The van der Waals surface area contributed by atoms with Gasteiger partial charge < -0.3 is 5.32 Å². The van der Waals surface area contributed by atoms with E-state index >= 15 is 0 Å². The lowest BCUT2D eigenvalue weighted by Crippen LogP contribution is -2.28. The minimum atomic E-state index is -0.300. The van der Waals surface area contributed by atoms with Crippen molar-refractivity contribution < 1.29 is 4.92 Å². The van der Waals surface area contributed by atoms with Crippen LogP contribution in [0.15, 0.2) is 12.1 Å². The van der Waals surface area contributed by atoms with Crippen LogP contribution in [0.2, 0.25) is 0 Å². The Bertz CT molecular complexity index is 493. The zero-order valence-corrected chi connectivity index (χ0v) is 12.6. The molecule has 0 spiro atoms. The number of nitrogens with one attached hydrogen (secondary N) is 1. The van der Waals surface area contributed by atoms with Crippen LogP contribution in [0.5, 0.6) is 0 Å². The van der Waals surface area contributed by atoms with Crippen molar-refractivity contribution in [3.8, 4) is 0 Å². The van der Waals surface area contributed by atoms with Crippen LogP contribution in [-0.2, 0) is 0 Å². The van der Waals surface area contributed by atoms with Crippen molar-refractivity contribution >= 4 is 11.4 Å². The molecule has 0 saturated heterocycles. The molecule has 110 valence electrons. The summed E-state index contributed by atoms with van der Waals surface area (Å²) in [5.41, 5.74) is 2.91. The highest BCUT2D eigenvalue weighted by molar-refractivity contribution is 5.60. The van der Waals surface area contributed by atoms with E-state index in [9.17, 15) is 10.1 Å². The lowest BCUT2D eigenvalue weighted by Gasteiger charge is -2.29. The van der Waals surface area contributed by atoms with E-state index in [1.165, 1.54) is 32.1 Å². The topological polar surface area (TPSA) is 55.2 Å². The number of rotatable bonds is 4. The lowest BCUT2D eigenvalue weighted by molar-refractivity contribution is -0.385. The monoisotopic (exact) mass is 276 g/mol. The van der Waals surface area contributed by atoms with Crippen molar-refractivity contribution in [2.45, 2.75) is 58.9 Å². The molecule has 4 nitrogen and oxygen atoms in total. The van der Waals surface area contributed by atoms with Crippen LogP contribution in [0.1, 0.15) is 50.2 Å². The Kier molecular flexibility index (Phi) is 4.63. The number of hydrogen-bond acceptors (Lipinski definition) is 3. The molecule has 1 saturated carbocycles. The molecule has 1 fully saturated rings. The highest BCUT2D eigenvalue weighted by Crippen LogP contribution is 2.31. The predicted molar refractivity (Wildman–Crippen MR) is 82.2 cm³/mol. The molecule has 2 rings (SSSR count). The van der Waals surface area contributed by atoms with Gasteiger partial charge in [0.05, 0.1) is 4.92 Å². The molecule has 0 aromatic heterocycles. The summed E-state index contributed by atoms with van der Waals surface area (Å²) in [5, 5.41) is 14.5. The first-order chi connectivity index (χ1) is 9.49. The van der Waals surface area contributed by atoms with Gasteiger partial charge in [-0.2, -0.15) is 0 Å². The number of nitro groups is 1. The first-order valence-electron chi connectivity index (χ1n) is 7.51. The van der Waals surface area contributed by atoms with E-state index in [1.807, 2.05) is 13.0 Å². The molecule has 4 heteroatoms. The van der Waals surface area contributed by atoms with Crippen LogP contribution in [0, 0.1) is 29.9 Å². The largest absolute Gasteiger partial charge is 0.382 e. The van der Waals surface area contributed by atoms with E-state index in [-0.39, 0.29) is 10.6 Å². The smallest absolute Gasteiger partial charge is 0.274 e. The van der Waals surface area contributed by atoms with Gasteiger partial charge in [-0.15, -0.1) is 0 Å². The maximum Gasteiger partial charge on any atom is 0.274 e. The van der Waals surface area contributed by atoms with Gasteiger partial charge in [0.1, 0.15) is 0 Å². The van der Waals surface area contributed by atoms with E-state index in [4.69, 9.17) is 0 Å². The van der Waals surface area contributed by atoms with Gasteiger partial charge in [-0.05, 0) is 51.2 Å². The third-order valence-corrected chi connectivity index (χ3v) is 4.48. The molecule has 1 atom stereocenters. The van der Waals surface area contributed by atoms with Gasteiger partial charge in [-0.25, -0.2) is 0 Å². The maximum absolute atomic E-state index is 11.1. The molecule has 1 aliphatic carbocycles. The van der Waals surface area contributed by atoms with Gasteiger partial charge in [0.15, 0.2) is 0 Å². The second-order valence-electron chi connectivity index (χ2n) is 6.04. The fraction of sp³-hybridized carbons (Fsp3) is 0.625. The average Bonchev–Trinajstić information content (AvgIpc) is 2.42. The third kappa shape index (κ3) is 3.30. The van der Waals surface area contributed by atoms with Gasteiger partial charge in [-0.1, -0.05) is 19.3 Å². The number of hydrogen-bond donors (Lipinski definition) is 1. The van der Waals surface area contributed by atoms with Crippen LogP contribution >= 0.6 is 0 Å². The summed E-state index contributed by atoms with van der Waals surface area (Å²) in [6.07, 6.45) is 6.49. The molecular weight excluding hydrogens is 252 g/mol. The van der Waals surface area contributed by atoms with Crippen molar-refractivity contribution in [2.75, 3.05) is 5.32 Å². The highest BCUT2D eigenvalue weighted by Gasteiger charge is 2.21. The van der Waals surface area contributed by atoms with Crippen molar-refractivity contribution in [3.05, 3.63) is 33.4 Å². The van der Waals surface area contributed by atoms with Crippen LogP contribution in [0.4, 0.5) is 11.4 Å². The maximum atomic E-state index is 11.1. The fourth-order valence-electron chi connectivity index (χ4n) is 3.19. The first kappa shape index (κ1) is 14.8. The van der Waals surface area contributed by atoms with Crippen molar-refractivity contribution in [2.24, 2.45) is 5.92 Å². The molecule has 1 aromatic carbocycles.